The van der Waals surface area contributed by atoms with Crippen LogP contribution in [0.3, 0.4) is 0 Å². The predicted octanol–water partition coefficient (Wildman–Crippen LogP) is 4.14. The van der Waals surface area contributed by atoms with Gasteiger partial charge in [-0.15, -0.1) is 10.2 Å². The Bertz CT molecular complexity index is 1930. The number of amides is 4. The fourth-order valence-electron chi connectivity index (χ4n) is 6.25. The average Bonchev–Trinajstić information content (AvgIpc) is 3.37. The minimum absolute atomic E-state index is 0.0686. The van der Waals surface area contributed by atoms with E-state index in [0.717, 1.165) is 42.8 Å². The smallest absolute Gasteiger partial charge is 0.266 e. The average molecular weight is 693 g/mol. The number of piperidine rings is 1. The number of unbranched alkanes of at least 4 members (excludes halogenated alkanes) is 2. The van der Waals surface area contributed by atoms with Gasteiger partial charge in [0.05, 0.1) is 24.3 Å². The number of carbonyl (C=O) groups is 4. The first kappa shape index (κ1) is 35.0. The van der Waals surface area contributed by atoms with Crippen LogP contribution in [-0.2, 0) is 22.6 Å². The lowest BCUT2D eigenvalue weighted by Gasteiger charge is -2.27. The van der Waals surface area contributed by atoms with E-state index in [1.807, 2.05) is 6.07 Å². The van der Waals surface area contributed by atoms with E-state index < -0.39 is 29.7 Å². The number of nitrogens with two attached hydrogens (primary N) is 1. The number of fused-ring (bicyclic) bond motifs is 1. The second-order valence-electron chi connectivity index (χ2n) is 12.7. The summed E-state index contributed by atoms with van der Waals surface area (Å²) in [7, 11) is 2.08. The van der Waals surface area contributed by atoms with Crippen LogP contribution in [0.5, 0.6) is 17.2 Å². The highest BCUT2D eigenvalue weighted by Crippen LogP contribution is 2.34. The van der Waals surface area contributed by atoms with Gasteiger partial charge in [-0.3, -0.25) is 29.4 Å². The molecule has 0 bridgehead atoms. The van der Waals surface area contributed by atoms with Gasteiger partial charge in [0.15, 0.2) is 11.6 Å². The minimum atomic E-state index is -1.01. The Balaban J connectivity index is 0.901. The molecule has 0 spiro atoms. The Morgan fingerprint density at radius 3 is 2.39 bits per heavy atom. The van der Waals surface area contributed by atoms with Crippen molar-refractivity contribution in [1.82, 2.24) is 25.3 Å². The van der Waals surface area contributed by atoms with E-state index in [1.165, 1.54) is 5.56 Å². The number of phenolic OH excluding ortho intramolecular Hbond substituents is 1. The van der Waals surface area contributed by atoms with E-state index in [9.17, 15) is 24.3 Å². The summed E-state index contributed by atoms with van der Waals surface area (Å²) in [4.78, 5) is 53.4. The number of phenols is 1. The van der Waals surface area contributed by atoms with Gasteiger partial charge < -0.3 is 25.2 Å². The number of nitrogens with one attached hydrogen (secondary N) is 1. The first-order chi connectivity index (χ1) is 24.7. The zero-order valence-corrected chi connectivity index (χ0v) is 28.3. The summed E-state index contributed by atoms with van der Waals surface area (Å²) in [5, 5.41) is 20.4. The Morgan fingerprint density at radius 2 is 1.61 bits per heavy atom. The van der Waals surface area contributed by atoms with Gasteiger partial charge in [-0.1, -0.05) is 42.5 Å². The zero-order chi connectivity index (χ0) is 35.9. The standard InChI is InChI=1S/C38H40N6O7/c1-43(23-25-14-12-24(13-15-25)18-21-51-32-22-28(41-42-35(32)39)26-8-3-4-10-30(26)45)19-5-2-6-20-50-31-11-7-9-27-34(31)38(49)44(37(27)48)29-16-17-33(46)40-36(29)47/h3-4,7-15,22,29,45H,2,5-6,16-21,23H2,1H3,(H2,39,42)(H,40,46,47). The van der Waals surface area contributed by atoms with Crippen molar-refractivity contribution in [2.75, 3.05) is 32.5 Å². The van der Waals surface area contributed by atoms with Gasteiger partial charge in [-0.25, -0.2) is 0 Å². The second kappa shape index (κ2) is 15.8. The van der Waals surface area contributed by atoms with E-state index in [1.54, 1.807) is 42.5 Å². The molecule has 1 fully saturated rings. The number of para-hydroxylation sites is 1. The van der Waals surface area contributed by atoms with Crippen molar-refractivity contribution < 1.29 is 33.8 Å². The molecule has 4 aromatic rings. The molecule has 0 aliphatic carbocycles. The van der Waals surface area contributed by atoms with E-state index >= 15 is 0 Å². The molecule has 264 valence electrons. The molecule has 1 atom stereocenters. The number of imide groups is 2. The number of aromatic nitrogens is 2. The summed E-state index contributed by atoms with van der Waals surface area (Å²) >= 11 is 0. The first-order valence-corrected chi connectivity index (χ1v) is 17.0. The molecule has 6 rings (SSSR count). The number of hydrogen-bond acceptors (Lipinski definition) is 11. The molecule has 51 heavy (non-hydrogen) atoms. The minimum Gasteiger partial charge on any atom is -0.507 e. The number of benzene rings is 3. The Hall–Kier alpha value is -5.82. The van der Waals surface area contributed by atoms with E-state index in [-0.39, 0.29) is 35.5 Å². The summed E-state index contributed by atoms with van der Waals surface area (Å²) in [6, 6.07) is 20.9. The molecule has 13 nitrogen and oxygen atoms in total. The van der Waals surface area contributed by atoms with Crippen molar-refractivity contribution in [2.24, 2.45) is 0 Å². The van der Waals surface area contributed by atoms with Gasteiger partial charge >= 0.3 is 0 Å². The highest BCUT2D eigenvalue weighted by Gasteiger charge is 2.46. The van der Waals surface area contributed by atoms with Crippen LogP contribution < -0.4 is 20.5 Å². The van der Waals surface area contributed by atoms with Crippen LogP contribution in [0, 0.1) is 0 Å². The van der Waals surface area contributed by atoms with Crippen LogP contribution >= 0.6 is 0 Å². The first-order valence-electron chi connectivity index (χ1n) is 17.0. The summed E-state index contributed by atoms with van der Waals surface area (Å²) in [6.45, 7) is 2.49. The Morgan fingerprint density at radius 1 is 0.863 bits per heavy atom. The SMILES string of the molecule is CN(CCCCCOc1cccc2c1C(=O)N(C1CCC(=O)NC1=O)C2=O)Cc1ccc(CCOc2cc(-c3ccccc3O)nnc2N)cc1. The van der Waals surface area contributed by atoms with Crippen molar-refractivity contribution in [2.45, 2.75) is 51.1 Å². The maximum absolute atomic E-state index is 13.2. The van der Waals surface area contributed by atoms with Crippen LogP contribution in [0.4, 0.5) is 5.82 Å². The van der Waals surface area contributed by atoms with Crippen molar-refractivity contribution in [3.05, 3.63) is 95.1 Å². The largest absolute Gasteiger partial charge is 0.507 e. The van der Waals surface area contributed by atoms with Gasteiger partial charge in [0.25, 0.3) is 11.8 Å². The number of nitrogen functional groups attached to an aromatic ring is 1. The molecular weight excluding hydrogens is 652 g/mol. The van der Waals surface area contributed by atoms with Gasteiger partial charge in [-0.05, 0) is 74.7 Å². The van der Waals surface area contributed by atoms with Crippen LogP contribution in [-0.4, -0.2) is 81.6 Å². The summed E-state index contributed by atoms with van der Waals surface area (Å²) in [5.41, 5.74) is 9.71. The van der Waals surface area contributed by atoms with Crippen LogP contribution in [0.1, 0.15) is 63.9 Å². The van der Waals surface area contributed by atoms with Crippen molar-refractivity contribution in [1.29, 1.82) is 0 Å². The molecule has 4 amide bonds. The molecule has 3 heterocycles. The topological polar surface area (TPSA) is 177 Å². The normalized spacial score (nSPS) is 15.6. The van der Waals surface area contributed by atoms with E-state index in [4.69, 9.17) is 15.2 Å². The number of aromatic hydroxyl groups is 1. The fourth-order valence-corrected chi connectivity index (χ4v) is 6.25. The predicted molar refractivity (Wildman–Crippen MR) is 188 cm³/mol. The van der Waals surface area contributed by atoms with Crippen molar-refractivity contribution >= 4 is 29.4 Å². The quantitative estimate of drug-likeness (QED) is 0.121. The van der Waals surface area contributed by atoms with Crippen LogP contribution in [0.2, 0.25) is 0 Å². The number of nitrogens with zero attached hydrogens (tertiary/aromatic N) is 4. The summed E-state index contributed by atoms with van der Waals surface area (Å²) in [5.74, 6) is -1.14. The number of carbonyl (C=O) groups excluding carboxylic acids is 4. The second-order valence-corrected chi connectivity index (χ2v) is 12.7. The number of hydrogen-bond donors (Lipinski definition) is 3. The highest BCUT2D eigenvalue weighted by molar-refractivity contribution is 6.24. The molecule has 1 unspecified atom stereocenters. The molecule has 2 aliphatic rings. The van der Waals surface area contributed by atoms with E-state index in [2.05, 4.69) is 51.7 Å². The maximum Gasteiger partial charge on any atom is 0.266 e. The third-order valence-corrected chi connectivity index (χ3v) is 8.96. The lowest BCUT2D eigenvalue weighted by atomic mass is 10.0. The lowest BCUT2D eigenvalue weighted by Crippen LogP contribution is -2.54. The van der Waals surface area contributed by atoms with Gasteiger partial charge in [0, 0.05) is 31.0 Å². The molecular formula is C38H40N6O7. The number of ether oxygens (including phenoxy) is 2. The maximum atomic E-state index is 13.2. The third kappa shape index (κ3) is 8.15. The molecule has 0 radical (unpaired) electrons. The molecule has 1 saturated heterocycles. The van der Waals surface area contributed by atoms with E-state index in [0.29, 0.717) is 42.4 Å². The summed E-state index contributed by atoms with van der Waals surface area (Å²) < 4.78 is 11.9. The summed E-state index contributed by atoms with van der Waals surface area (Å²) in [6.07, 6.45) is 3.50. The molecule has 3 aromatic carbocycles. The van der Waals surface area contributed by atoms with Crippen LogP contribution in [0.15, 0.2) is 72.8 Å². The zero-order valence-electron chi connectivity index (χ0n) is 28.3. The number of rotatable bonds is 15. The lowest BCUT2D eigenvalue weighted by molar-refractivity contribution is -0.136. The van der Waals surface area contributed by atoms with Crippen LogP contribution in [0.25, 0.3) is 11.3 Å². The Kier molecular flexibility index (Phi) is 10.9. The third-order valence-electron chi connectivity index (χ3n) is 8.96. The van der Waals surface area contributed by atoms with Gasteiger partial charge in [0.1, 0.15) is 23.2 Å². The van der Waals surface area contributed by atoms with Crippen molar-refractivity contribution in [3.8, 4) is 28.5 Å². The number of anilines is 1. The van der Waals surface area contributed by atoms with Gasteiger partial charge in [0.2, 0.25) is 11.8 Å². The fraction of sp³-hybridized carbons (Fsp3) is 0.316. The monoisotopic (exact) mass is 692 g/mol. The molecule has 4 N–H and O–H groups in total. The molecule has 1 aromatic heterocycles. The molecule has 13 heteroatoms. The highest BCUT2D eigenvalue weighted by atomic mass is 16.5. The molecule has 0 saturated carbocycles. The Labute approximate surface area is 295 Å². The van der Waals surface area contributed by atoms with Gasteiger partial charge in [-0.2, -0.15) is 0 Å². The molecule has 2 aliphatic heterocycles. The van der Waals surface area contributed by atoms with Crippen molar-refractivity contribution in [3.63, 3.8) is 0 Å².